The van der Waals surface area contributed by atoms with Gasteiger partial charge in [-0.2, -0.15) is 0 Å². The largest absolute Gasteiger partial charge is 0.268 e. The standard InChI is InChI=1S/C8H11BrN2O2/c1-6(4-9)5-11-8(13)3-2-7(12)10-11/h2-3,6H,4-5H2,1H3,(H,10,12). The number of aromatic nitrogens is 2. The van der Waals surface area contributed by atoms with Crippen LogP contribution in [0.25, 0.3) is 0 Å². The van der Waals surface area contributed by atoms with Crippen molar-refractivity contribution in [2.24, 2.45) is 5.92 Å². The first kappa shape index (κ1) is 10.2. The Labute approximate surface area is 83.7 Å². The lowest BCUT2D eigenvalue weighted by Gasteiger charge is -2.08. The maximum absolute atomic E-state index is 11.2. The highest BCUT2D eigenvalue weighted by atomic mass is 79.9. The molecule has 0 aliphatic heterocycles. The number of nitrogens with one attached hydrogen (secondary N) is 1. The van der Waals surface area contributed by atoms with Gasteiger partial charge in [0.1, 0.15) is 0 Å². The molecular formula is C8H11BrN2O2. The number of hydrogen-bond acceptors (Lipinski definition) is 2. The highest BCUT2D eigenvalue weighted by Gasteiger charge is 2.02. The highest BCUT2D eigenvalue weighted by Crippen LogP contribution is 2.00. The Kier molecular flexibility index (Phi) is 3.48. The van der Waals surface area contributed by atoms with E-state index in [0.29, 0.717) is 12.5 Å². The van der Waals surface area contributed by atoms with Gasteiger partial charge in [0, 0.05) is 24.0 Å². The maximum atomic E-state index is 11.2. The summed E-state index contributed by atoms with van der Waals surface area (Å²) in [6, 6.07) is 2.51. The first-order valence-corrected chi connectivity index (χ1v) is 5.11. The third-order valence-electron chi connectivity index (χ3n) is 1.65. The predicted molar refractivity (Wildman–Crippen MR) is 54.3 cm³/mol. The van der Waals surface area contributed by atoms with Crippen molar-refractivity contribution in [1.82, 2.24) is 9.78 Å². The normalized spacial score (nSPS) is 12.8. The van der Waals surface area contributed by atoms with Gasteiger partial charge >= 0.3 is 0 Å². The molecule has 1 heterocycles. The van der Waals surface area contributed by atoms with Crippen LogP contribution < -0.4 is 11.1 Å². The van der Waals surface area contributed by atoms with Crippen LogP contribution >= 0.6 is 15.9 Å². The average Bonchev–Trinajstić information content (AvgIpc) is 2.11. The van der Waals surface area contributed by atoms with Crippen LogP contribution in [0.2, 0.25) is 0 Å². The Balaban J connectivity index is 2.94. The van der Waals surface area contributed by atoms with Crippen molar-refractivity contribution in [3.8, 4) is 0 Å². The molecule has 13 heavy (non-hydrogen) atoms. The second-order valence-corrected chi connectivity index (χ2v) is 3.67. The topological polar surface area (TPSA) is 54.9 Å². The zero-order chi connectivity index (χ0) is 9.84. The van der Waals surface area contributed by atoms with E-state index in [4.69, 9.17) is 0 Å². The lowest BCUT2D eigenvalue weighted by atomic mass is 10.2. The minimum absolute atomic E-state index is 0.174. The van der Waals surface area contributed by atoms with Gasteiger partial charge in [0.15, 0.2) is 0 Å². The molecule has 0 aromatic carbocycles. The number of H-pyrrole nitrogens is 1. The first-order valence-electron chi connectivity index (χ1n) is 3.99. The molecule has 0 bridgehead atoms. The van der Waals surface area contributed by atoms with Gasteiger partial charge in [-0.15, -0.1) is 0 Å². The van der Waals surface area contributed by atoms with Crippen molar-refractivity contribution in [2.75, 3.05) is 5.33 Å². The molecule has 0 saturated carbocycles. The Hall–Kier alpha value is -0.840. The zero-order valence-electron chi connectivity index (χ0n) is 7.29. The molecule has 0 aliphatic rings. The molecule has 72 valence electrons. The molecule has 1 aromatic rings. The number of alkyl halides is 1. The lowest BCUT2D eigenvalue weighted by Crippen LogP contribution is -2.30. The monoisotopic (exact) mass is 246 g/mol. The Morgan fingerprint density at radius 2 is 2.23 bits per heavy atom. The van der Waals surface area contributed by atoms with Gasteiger partial charge in [-0.25, -0.2) is 4.68 Å². The molecule has 1 N–H and O–H groups in total. The van der Waals surface area contributed by atoms with Crippen LogP contribution in [0.3, 0.4) is 0 Å². The second kappa shape index (κ2) is 4.41. The minimum atomic E-state index is -0.249. The van der Waals surface area contributed by atoms with Crippen molar-refractivity contribution in [3.63, 3.8) is 0 Å². The van der Waals surface area contributed by atoms with Crippen molar-refractivity contribution in [1.29, 1.82) is 0 Å². The van der Waals surface area contributed by atoms with Gasteiger partial charge in [-0.3, -0.25) is 14.7 Å². The average molecular weight is 247 g/mol. The van der Waals surface area contributed by atoms with Gasteiger partial charge < -0.3 is 0 Å². The van der Waals surface area contributed by atoms with E-state index in [1.807, 2.05) is 6.92 Å². The fourth-order valence-corrected chi connectivity index (χ4v) is 1.16. The zero-order valence-corrected chi connectivity index (χ0v) is 8.87. The van der Waals surface area contributed by atoms with Crippen LogP contribution in [0.5, 0.6) is 0 Å². The van der Waals surface area contributed by atoms with Crippen molar-refractivity contribution in [3.05, 3.63) is 32.8 Å². The molecule has 1 unspecified atom stereocenters. The van der Waals surface area contributed by atoms with Crippen LogP contribution in [-0.4, -0.2) is 15.1 Å². The van der Waals surface area contributed by atoms with E-state index in [9.17, 15) is 9.59 Å². The third kappa shape index (κ3) is 2.84. The van der Waals surface area contributed by atoms with Crippen LogP contribution in [0.4, 0.5) is 0 Å². The number of hydrogen-bond donors (Lipinski definition) is 1. The van der Waals surface area contributed by atoms with Gasteiger partial charge in [-0.05, 0) is 5.92 Å². The van der Waals surface area contributed by atoms with E-state index in [1.54, 1.807) is 0 Å². The quantitative estimate of drug-likeness (QED) is 0.794. The molecule has 1 rings (SSSR count). The number of halogens is 1. The van der Waals surface area contributed by atoms with E-state index in [0.717, 1.165) is 5.33 Å². The van der Waals surface area contributed by atoms with E-state index < -0.39 is 0 Å². The summed E-state index contributed by atoms with van der Waals surface area (Å²) in [6.45, 7) is 2.52. The summed E-state index contributed by atoms with van der Waals surface area (Å²) in [5.41, 5.74) is -0.422. The third-order valence-corrected chi connectivity index (χ3v) is 2.75. The van der Waals surface area contributed by atoms with Crippen molar-refractivity contribution >= 4 is 15.9 Å². The summed E-state index contributed by atoms with van der Waals surface area (Å²) in [7, 11) is 0. The van der Waals surface area contributed by atoms with Crippen molar-refractivity contribution < 1.29 is 0 Å². The van der Waals surface area contributed by atoms with E-state index in [2.05, 4.69) is 21.0 Å². The van der Waals surface area contributed by atoms with Crippen LogP contribution in [-0.2, 0) is 6.54 Å². The molecule has 0 fully saturated rings. The van der Waals surface area contributed by atoms with Gasteiger partial charge in [0.2, 0.25) is 0 Å². The Bertz CT molecular complexity index is 382. The first-order chi connectivity index (χ1) is 6.13. The maximum Gasteiger partial charge on any atom is 0.265 e. The van der Waals surface area contributed by atoms with Crippen molar-refractivity contribution in [2.45, 2.75) is 13.5 Å². The predicted octanol–water partition coefficient (Wildman–Crippen LogP) is 0.568. The minimum Gasteiger partial charge on any atom is -0.268 e. The van der Waals surface area contributed by atoms with E-state index in [-0.39, 0.29) is 11.1 Å². The van der Waals surface area contributed by atoms with Gasteiger partial charge in [0.25, 0.3) is 11.1 Å². The highest BCUT2D eigenvalue weighted by molar-refractivity contribution is 9.09. The molecule has 1 aromatic heterocycles. The summed E-state index contributed by atoms with van der Waals surface area (Å²) in [4.78, 5) is 22.1. The second-order valence-electron chi connectivity index (χ2n) is 3.02. The molecule has 4 nitrogen and oxygen atoms in total. The Morgan fingerprint density at radius 3 is 2.85 bits per heavy atom. The molecule has 0 aliphatic carbocycles. The molecule has 0 saturated heterocycles. The smallest absolute Gasteiger partial charge is 0.265 e. The van der Waals surface area contributed by atoms with Crippen LogP contribution in [0.15, 0.2) is 21.7 Å². The van der Waals surface area contributed by atoms with Crippen LogP contribution in [0.1, 0.15) is 6.92 Å². The molecule has 0 radical (unpaired) electrons. The Morgan fingerprint density at radius 1 is 1.54 bits per heavy atom. The van der Waals surface area contributed by atoms with Gasteiger partial charge in [0.05, 0.1) is 0 Å². The number of nitrogens with zero attached hydrogens (tertiary/aromatic N) is 1. The SMILES string of the molecule is CC(CBr)Cn1[nH]c(=O)ccc1=O. The lowest BCUT2D eigenvalue weighted by molar-refractivity contribution is 0.466. The van der Waals surface area contributed by atoms with E-state index >= 15 is 0 Å². The number of aromatic amines is 1. The van der Waals surface area contributed by atoms with E-state index in [1.165, 1.54) is 16.8 Å². The van der Waals surface area contributed by atoms with Gasteiger partial charge in [-0.1, -0.05) is 22.9 Å². The summed E-state index contributed by atoms with van der Waals surface area (Å²) in [6.07, 6.45) is 0. The summed E-state index contributed by atoms with van der Waals surface area (Å²) < 4.78 is 1.33. The molecular weight excluding hydrogens is 236 g/mol. The molecule has 5 heteroatoms. The summed E-state index contributed by atoms with van der Waals surface area (Å²) in [5, 5.41) is 3.27. The number of rotatable bonds is 3. The molecule has 0 amide bonds. The molecule has 1 atom stereocenters. The molecule has 0 spiro atoms. The summed E-state index contributed by atoms with van der Waals surface area (Å²) in [5.74, 6) is 0.316. The summed E-state index contributed by atoms with van der Waals surface area (Å²) >= 11 is 3.31. The fraction of sp³-hybridized carbons (Fsp3) is 0.500. The fourth-order valence-electron chi connectivity index (χ4n) is 0.958. The van der Waals surface area contributed by atoms with Crippen LogP contribution in [0, 0.1) is 5.92 Å².